The summed E-state index contributed by atoms with van der Waals surface area (Å²) >= 11 is 5.97. The number of hydrogen-bond acceptors (Lipinski definition) is 4. The highest BCUT2D eigenvalue weighted by Gasteiger charge is 2.27. The van der Waals surface area contributed by atoms with Crippen molar-refractivity contribution in [2.45, 2.75) is 13.3 Å². The average Bonchev–Trinajstić information content (AvgIpc) is 2.34. The van der Waals surface area contributed by atoms with Crippen molar-refractivity contribution in [1.29, 1.82) is 0 Å². The molecular formula is C11H17ClN4O. The molecule has 0 aliphatic carbocycles. The van der Waals surface area contributed by atoms with E-state index in [0.717, 1.165) is 19.5 Å². The van der Waals surface area contributed by atoms with Gasteiger partial charge in [0.15, 0.2) is 5.82 Å². The van der Waals surface area contributed by atoms with Gasteiger partial charge < -0.3 is 15.6 Å². The molecule has 2 atom stereocenters. The van der Waals surface area contributed by atoms with Crippen LogP contribution >= 0.6 is 11.6 Å². The first-order valence-corrected chi connectivity index (χ1v) is 6.19. The Morgan fingerprint density at radius 2 is 2.47 bits per heavy atom. The fourth-order valence-electron chi connectivity index (χ4n) is 2.24. The van der Waals surface area contributed by atoms with Crippen molar-refractivity contribution in [2.75, 3.05) is 24.5 Å². The summed E-state index contributed by atoms with van der Waals surface area (Å²) in [5, 5.41) is 0.165. The maximum atomic E-state index is 11.4. The molecule has 17 heavy (non-hydrogen) atoms. The number of rotatable bonds is 2. The molecule has 0 saturated carbocycles. The van der Waals surface area contributed by atoms with Gasteiger partial charge in [-0.05, 0) is 24.8 Å². The monoisotopic (exact) mass is 256 g/mol. The summed E-state index contributed by atoms with van der Waals surface area (Å²) < 4.78 is 0. The normalized spacial score (nSPS) is 25.0. The van der Waals surface area contributed by atoms with Crippen LogP contribution in [0.3, 0.4) is 0 Å². The van der Waals surface area contributed by atoms with E-state index in [1.165, 1.54) is 6.33 Å². The van der Waals surface area contributed by atoms with Crippen LogP contribution in [0.5, 0.6) is 0 Å². The van der Waals surface area contributed by atoms with Crippen molar-refractivity contribution in [3.63, 3.8) is 0 Å². The molecule has 1 aromatic rings. The van der Waals surface area contributed by atoms with E-state index in [1.54, 1.807) is 0 Å². The second kappa shape index (κ2) is 5.06. The molecule has 0 amide bonds. The van der Waals surface area contributed by atoms with Gasteiger partial charge in [0.2, 0.25) is 0 Å². The van der Waals surface area contributed by atoms with Gasteiger partial charge in [-0.25, -0.2) is 4.98 Å². The van der Waals surface area contributed by atoms with Gasteiger partial charge in [-0.1, -0.05) is 18.5 Å². The molecule has 1 aliphatic heterocycles. The number of nitrogens with zero attached hydrogens (tertiary/aromatic N) is 2. The number of nitrogens with two attached hydrogens (primary N) is 1. The summed E-state index contributed by atoms with van der Waals surface area (Å²) in [6, 6.07) is 0. The maximum absolute atomic E-state index is 11.4. The van der Waals surface area contributed by atoms with E-state index in [4.69, 9.17) is 17.3 Å². The molecule has 3 N–H and O–H groups in total. The zero-order chi connectivity index (χ0) is 12.4. The number of halogens is 1. The minimum absolute atomic E-state index is 0.165. The third-order valence-corrected chi connectivity index (χ3v) is 3.84. The SMILES string of the molecule is CC1CCN(c2nc[nH]c(=O)c2Cl)CC1CN. The van der Waals surface area contributed by atoms with Gasteiger partial charge in [-0.3, -0.25) is 4.79 Å². The fourth-order valence-corrected chi connectivity index (χ4v) is 2.47. The van der Waals surface area contributed by atoms with E-state index >= 15 is 0 Å². The largest absolute Gasteiger partial charge is 0.355 e. The number of hydrogen-bond donors (Lipinski definition) is 2. The van der Waals surface area contributed by atoms with Crippen molar-refractivity contribution < 1.29 is 0 Å². The highest BCUT2D eigenvalue weighted by atomic mass is 35.5. The molecule has 0 bridgehead atoms. The minimum Gasteiger partial charge on any atom is -0.355 e. The molecule has 0 aromatic carbocycles. The zero-order valence-corrected chi connectivity index (χ0v) is 10.6. The Labute approximate surface area is 105 Å². The Hall–Kier alpha value is -1.07. The van der Waals surface area contributed by atoms with Crippen LogP contribution < -0.4 is 16.2 Å². The second-order valence-electron chi connectivity index (χ2n) is 4.58. The minimum atomic E-state index is -0.292. The molecule has 2 unspecified atom stereocenters. The van der Waals surface area contributed by atoms with Crippen molar-refractivity contribution in [3.05, 3.63) is 21.7 Å². The lowest BCUT2D eigenvalue weighted by atomic mass is 9.87. The Kier molecular flexibility index (Phi) is 3.69. The molecule has 0 spiro atoms. The van der Waals surface area contributed by atoms with E-state index < -0.39 is 0 Å². The van der Waals surface area contributed by atoms with E-state index in [2.05, 4.69) is 21.8 Å². The van der Waals surface area contributed by atoms with Gasteiger partial charge in [-0.15, -0.1) is 0 Å². The van der Waals surface area contributed by atoms with Crippen molar-refractivity contribution in [2.24, 2.45) is 17.6 Å². The Balaban J connectivity index is 2.23. The van der Waals surface area contributed by atoms with Crippen LogP contribution in [-0.4, -0.2) is 29.6 Å². The van der Waals surface area contributed by atoms with E-state index in [9.17, 15) is 4.79 Å². The molecule has 6 heteroatoms. The number of nitrogens with one attached hydrogen (secondary N) is 1. The number of aromatic amines is 1. The quantitative estimate of drug-likeness (QED) is 0.823. The van der Waals surface area contributed by atoms with Gasteiger partial charge >= 0.3 is 0 Å². The van der Waals surface area contributed by atoms with Crippen LogP contribution in [-0.2, 0) is 0 Å². The summed E-state index contributed by atoms with van der Waals surface area (Å²) in [6.45, 7) is 4.54. The van der Waals surface area contributed by atoms with Crippen molar-refractivity contribution >= 4 is 17.4 Å². The first-order valence-electron chi connectivity index (χ1n) is 5.81. The molecular weight excluding hydrogens is 240 g/mol. The summed E-state index contributed by atoms with van der Waals surface area (Å²) in [5.74, 6) is 1.61. The van der Waals surface area contributed by atoms with Gasteiger partial charge in [0.1, 0.15) is 5.02 Å². The van der Waals surface area contributed by atoms with Crippen molar-refractivity contribution in [1.82, 2.24) is 9.97 Å². The highest BCUT2D eigenvalue weighted by Crippen LogP contribution is 2.27. The molecule has 2 rings (SSSR count). The zero-order valence-electron chi connectivity index (χ0n) is 9.82. The predicted molar refractivity (Wildman–Crippen MR) is 68.4 cm³/mol. The lowest BCUT2D eigenvalue weighted by molar-refractivity contribution is 0.307. The van der Waals surface area contributed by atoms with Crippen LogP contribution in [0.4, 0.5) is 5.82 Å². The van der Waals surface area contributed by atoms with Crippen LogP contribution in [0.25, 0.3) is 0 Å². The third kappa shape index (κ3) is 2.45. The third-order valence-electron chi connectivity index (χ3n) is 3.49. The number of H-pyrrole nitrogens is 1. The van der Waals surface area contributed by atoms with Gasteiger partial charge in [0, 0.05) is 13.1 Å². The second-order valence-corrected chi connectivity index (χ2v) is 4.95. The standard InChI is InChI=1S/C11H17ClN4O/c1-7-2-3-16(5-8(7)4-13)10-9(12)11(17)15-6-14-10/h6-8H,2-5,13H2,1H3,(H,14,15,17). The first-order chi connectivity index (χ1) is 8.13. The average molecular weight is 257 g/mol. The smallest absolute Gasteiger partial charge is 0.271 e. The summed E-state index contributed by atoms with van der Waals surface area (Å²) in [6.07, 6.45) is 2.44. The molecule has 1 saturated heterocycles. The van der Waals surface area contributed by atoms with E-state index in [-0.39, 0.29) is 10.6 Å². The number of aromatic nitrogens is 2. The maximum Gasteiger partial charge on any atom is 0.271 e. The van der Waals surface area contributed by atoms with Crippen molar-refractivity contribution in [3.8, 4) is 0 Å². The highest BCUT2D eigenvalue weighted by molar-refractivity contribution is 6.32. The van der Waals surface area contributed by atoms with Gasteiger partial charge in [0.25, 0.3) is 5.56 Å². The molecule has 5 nitrogen and oxygen atoms in total. The Bertz CT molecular complexity index is 447. The topological polar surface area (TPSA) is 75.0 Å². The van der Waals surface area contributed by atoms with Crippen LogP contribution in [0.1, 0.15) is 13.3 Å². The van der Waals surface area contributed by atoms with Gasteiger partial charge in [0.05, 0.1) is 6.33 Å². The number of anilines is 1. The predicted octanol–water partition coefficient (Wildman–Crippen LogP) is 0.844. The Morgan fingerprint density at radius 3 is 3.18 bits per heavy atom. The van der Waals surface area contributed by atoms with Crippen LogP contribution in [0, 0.1) is 11.8 Å². The summed E-state index contributed by atoms with van der Waals surface area (Å²) in [5.41, 5.74) is 5.46. The van der Waals surface area contributed by atoms with Crippen LogP contribution in [0.15, 0.2) is 11.1 Å². The lowest BCUT2D eigenvalue weighted by Crippen LogP contribution is -2.43. The molecule has 1 aromatic heterocycles. The Morgan fingerprint density at radius 1 is 1.71 bits per heavy atom. The molecule has 1 fully saturated rings. The first kappa shape index (κ1) is 12.4. The molecule has 2 heterocycles. The summed E-state index contributed by atoms with van der Waals surface area (Å²) in [4.78, 5) is 20.1. The van der Waals surface area contributed by atoms with E-state index in [1.807, 2.05) is 0 Å². The van der Waals surface area contributed by atoms with E-state index in [0.29, 0.717) is 24.2 Å². The van der Waals surface area contributed by atoms with Gasteiger partial charge in [-0.2, -0.15) is 0 Å². The molecule has 1 aliphatic rings. The fraction of sp³-hybridized carbons (Fsp3) is 0.636. The summed E-state index contributed by atoms with van der Waals surface area (Å²) in [7, 11) is 0. The molecule has 94 valence electrons. The van der Waals surface area contributed by atoms with Crippen LogP contribution in [0.2, 0.25) is 5.02 Å². The number of piperidine rings is 1. The lowest BCUT2D eigenvalue weighted by Gasteiger charge is -2.37. The molecule has 0 radical (unpaired) electrons.